The van der Waals surface area contributed by atoms with Crippen molar-refractivity contribution in [3.63, 3.8) is 0 Å². The molecule has 2 aromatic heterocycles. The molecule has 2 aromatic rings. The molecule has 1 aliphatic rings. The highest BCUT2D eigenvalue weighted by atomic mass is 32.1. The van der Waals surface area contributed by atoms with Gasteiger partial charge in [-0.3, -0.25) is 0 Å². The van der Waals surface area contributed by atoms with Crippen LogP contribution < -0.4 is 5.73 Å². The molecule has 0 saturated heterocycles. The molecule has 3 nitrogen and oxygen atoms in total. The van der Waals surface area contributed by atoms with E-state index in [-0.39, 0.29) is 6.04 Å². The van der Waals surface area contributed by atoms with E-state index >= 15 is 0 Å². The maximum Gasteiger partial charge on any atom is 0.150 e. The molecule has 4 heteroatoms. The van der Waals surface area contributed by atoms with Gasteiger partial charge in [0.2, 0.25) is 0 Å². The van der Waals surface area contributed by atoms with Crippen molar-refractivity contribution in [1.82, 2.24) is 9.55 Å². The zero-order valence-corrected chi connectivity index (χ0v) is 13.9. The second kappa shape index (κ2) is 5.58. The van der Waals surface area contributed by atoms with Gasteiger partial charge in [-0.25, -0.2) is 4.98 Å². The molecule has 0 bridgehead atoms. The molecule has 1 aliphatic carbocycles. The fraction of sp³-hybridized carbons (Fsp3) is 0.588. The third-order valence-electron chi connectivity index (χ3n) is 4.86. The van der Waals surface area contributed by atoms with Gasteiger partial charge in [-0.2, -0.15) is 0 Å². The molecule has 1 saturated carbocycles. The van der Waals surface area contributed by atoms with Crippen molar-refractivity contribution in [3.05, 3.63) is 29.9 Å². The van der Waals surface area contributed by atoms with Crippen molar-refractivity contribution in [1.29, 1.82) is 0 Å². The second-order valence-corrected chi connectivity index (χ2v) is 8.19. The third kappa shape index (κ3) is 2.92. The zero-order chi connectivity index (χ0) is 15.0. The maximum absolute atomic E-state index is 6.45. The van der Waals surface area contributed by atoms with Gasteiger partial charge < -0.3 is 10.3 Å². The Kier molecular flexibility index (Phi) is 3.93. The highest BCUT2D eigenvalue weighted by Crippen LogP contribution is 2.42. The number of hydrogen-bond acceptors (Lipinski definition) is 3. The van der Waals surface area contributed by atoms with Crippen LogP contribution in [0.1, 0.15) is 46.1 Å². The van der Waals surface area contributed by atoms with E-state index in [1.54, 1.807) is 11.3 Å². The Morgan fingerprint density at radius 2 is 2.14 bits per heavy atom. The van der Waals surface area contributed by atoms with E-state index < -0.39 is 0 Å². The van der Waals surface area contributed by atoms with E-state index in [4.69, 9.17) is 5.73 Å². The van der Waals surface area contributed by atoms with Crippen LogP contribution in [-0.4, -0.2) is 15.6 Å². The molecule has 1 fully saturated rings. The van der Waals surface area contributed by atoms with Crippen molar-refractivity contribution >= 4 is 11.3 Å². The van der Waals surface area contributed by atoms with Crippen molar-refractivity contribution in [2.24, 2.45) is 17.1 Å². The Bertz CT molecular complexity index is 579. The van der Waals surface area contributed by atoms with Crippen LogP contribution in [0.2, 0.25) is 0 Å². The van der Waals surface area contributed by atoms with E-state index in [1.165, 1.54) is 11.3 Å². The predicted molar refractivity (Wildman–Crippen MR) is 89.3 cm³/mol. The summed E-state index contributed by atoms with van der Waals surface area (Å²) in [6, 6.07) is 4.82. The van der Waals surface area contributed by atoms with Crippen molar-refractivity contribution < 1.29 is 0 Å². The first-order valence-corrected chi connectivity index (χ1v) is 8.67. The van der Waals surface area contributed by atoms with E-state index in [2.05, 4.69) is 54.0 Å². The van der Waals surface area contributed by atoms with Gasteiger partial charge in [-0.15, -0.1) is 11.3 Å². The molecule has 0 aliphatic heterocycles. The molecule has 3 unspecified atom stereocenters. The minimum Gasteiger partial charge on any atom is -0.326 e. The van der Waals surface area contributed by atoms with E-state index in [9.17, 15) is 0 Å². The second-order valence-electron chi connectivity index (χ2n) is 7.24. The molecule has 114 valence electrons. The number of imidazole rings is 1. The summed E-state index contributed by atoms with van der Waals surface area (Å²) in [5.74, 6) is 1.79. The number of hydrogen-bond donors (Lipinski definition) is 1. The summed E-state index contributed by atoms with van der Waals surface area (Å²) in [5, 5.41) is 2.10. The normalized spacial score (nSPS) is 27.0. The number of nitrogens with two attached hydrogens (primary N) is 1. The van der Waals surface area contributed by atoms with Crippen molar-refractivity contribution in [3.8, 4) is 10.7 Å². The summed E-state index contributed by atoms with van der Waals surface area (Å²) >= 11 is 1.74. The molecule has 3 rings (SSSR count). The van der Waals surface area contributed by atoms with Crippen molar-refractivity contribution in [2.45, 2.75) is 52.1 Å². The van der Waals surface area contributed by atoms with Gasteiger partial charge in [-0.05, 0) is 42.0 Å². The largest absolute Gasteiger partial charge is 0.326 e. The van der Waals surface area contributed by atoms with Crippen LogP contribution in [0.4, 0.5) is 0 Å². The lowest BCUT2D eigenvalue weighted by Gasteiger charge is -2.41. The summed E-state index contributed by atoms with van der Waals surface area (Å²) in [7, 11) is 0. The van der Waals surface area contributed by atoms with Gasteiger partial charge in [0, 0.05) is 18.4 Å². The fourth-order valence-corrected chi connectivity index (χ4v) is 4.18. The molecular formula is C17H25N3S. The molecule has 0 radical (unpaired) electrons. The van der Waals surface area contributed by atoms with Crippen LogP contribution in [-0.2, 0) is 0 Å². The number of thiophene rings is 1. The average Bonchev–Trinajstić information content (AvgIpc) is 3.08. The Morgan fingerprint density at radius 3 is 2.81 bits per heavy atom. The van der Waals surface area contributed by atoms with Crippen molar-refractivity contribution in [2.75, 3.05) is 0 Å². The van der Waals surface area contributed by atoms with E-state index in [0.29, 0.717) is 11.5 Å². The molecule has 0 amide bonds. The molecule has 3 atom stereocenters. The van der Waals surface area contributed by atoms with Gasteiger partial charge >= 0.3 is 0 Å². The summed E-state index contributed by atoms with van der Waals surface area (Å²) in [5.41, 5.74) is 6.80. The number of aromatic nitrogens is 2. The van der Waals surface area contributed by atoms with Gasteiger partial charge in [0.15, 0.2) is 0 Å². The fourth-order valence-electron chi connectivity index (χ4n) is 3.45. The van der Waals surface area contributed by atoms with Gasteiger partial charge in [0.1, 0.15) is 5.82 Å². The highest BCUT2D eigenvalue weighted by molar-refractivity contribution is 7.13. The van der Waals surface area contributed by atoms with Crippen LogP contribution in [0.25, 0.3) is 10.7 Å². The lowest BCUT2D eigenvalue weighted by atomic mass is 9.69. The maximum atomic E-state index is 6.45. The van der Waals surface area contributed by atoms with Crippen LogP contribution in [0.15, 0.2) is 29.9 Å². The lowest BCUT2D eigenvalue weighted by Crippen LogP contribution is -2.40. The number of rotatable bonds is 2. The minimum absolute atomic E-state index is 0.233. The minimum atomic E-state index is 0.233. The Balaban J connectivity index is 1.90. The standard InChI is InChI=1S/C17H25N3S/c1-17(2,3)12-6-7-13(18)14(11-12)20-9-8-19-16(20)15-5-4-10-21-15/h4-5,8-10,12-14H,6-7,11,18H2,1-3H3. The Morgan fingerprint density at radius 1 is 1.33 bits per heavy atom. The first kappa shape index (κ1) is 14.8. The molecule has 21 heavy (non-hydrogen) atoms. The van der Waals surface area contributed by atoms with Gasteiger partial charge in [0.05, 0.1) is 10.9 Å². The zero-order valence-electron chi connectivity index (χ0n) is 13.1. The number of nitrogens with zero attached hydrogens (tertiary/aromatic N) is 2. The van der Waals surface area contributed by atoms with Crippen LogP contribution in [0, 0.1) is 11.3 Å². The monoisotopic (exact) mass is 303 g/mol. The first-order valence-electron chi connectivity index (χ1n) is 7.79. The topological polar surface area (TPSA) is 43.8 Å². The third-order valence-corrected chi connectivity index (χ3v) is 5.73. The summed E-state index contributed by atoms with van der Waals surface area (Å²) < 4.78 is 2.31. The highest BCUT2D eigenvalue weighted by Gasteiger charge is 2.36. The SMILES string of the molecule is CC(C)(C)C1CCC(N)C(n2ccnc2-c2cccs2)C1. The molecule has 0 spiro atoms. The van der Waals surface area contributed by atoms with Crippen LogP contribution in [0.3, 0.4) is 0 Å². The Hall–Kier alpha value is -1.13. The van der Waals surface area contributed by atoms with Crippen LogP contribution >= 0.6 is 11.3 Å². The summed E-state index contributed by atoms with van der Waals surface area (Å²) in [6.45, 7) is 7.04. The summed E-state index contributed by atoms with van der Waals surface area (Å²) in [4.78, 5) is 5.80. The van der Waals surface area contributed by atoms with Gasteiger partial charge in [0.25, 0.3) is 0 Å². The summed E-state index contributed by atoms with van der Waals surface area (Å²) in [6.07, 6.45) is 7.51. The first-order chi connectivity index (χ1) is 9.97. The molecule has 0 aromatic carbocycles. The smallest absolute Gasteiger partial charge is 0.150 e. The molecular weight excluding hydrogens is 278 g/mol. The lowest BCUT2D eigenvalue weighted by molar-refractivity contribution is 0.131. The van der Waals surface area contributed by atoms with E-state index in [0.717, 1.165) is 24.6 Å². The molecule has 2 N–H and O–H groups in total. The predicted octanol–water partition coefficient (Wildman–Crippen LogP) is 4.33. The van der Waals surface area contributed by atoms with Gasteiger partial charge in [-0.1, -0.05) is 26.8 Å². The quantitative estimate of drug-likeness (QED) is 0.897. The van der Waals surface area contributed by atoms with E-state index in [1.807, 2.05) is 6.20 Å². The Labute approximate surface area is 131 Å². The average molecular weight is 303 g/mol. The van der Waals surface area contributed by atoms with Crippen LogP contribution in [0.5, 0.6) is 0 Å². The molecule has 2 heterocycles.